The molecule has 0 amide bonds. The lowest BCUT2D eigenvalue weighted by atomic mass is 9.91. The van der Waals surface area contributed by atoms with Crippen LogP contribution < -0.4 is 0 Å². The lowest BCUT2D eigenvalue weighted by Crippen LogP contribution is -2.21. The number of nitrogens with zero attached hydrogens (tertiary/aromatic N) is 1. The lowest BCUT2D eigenvalue weighted by Gasteiger charge is -2.16. The van der Waals surface area contributed by atoms with Crippen molar-refractivity contribution in [3.63, 3.8) is 0 Å². The first-order valence-corrected chi connectivity index (χ1v) is 6.27. The molecule has 3 nitrogen and oxygen atoms in total. The molecule has 0 bridgehead atoms. The fourth-order valence-corrected chi connectivity index (χ4v) is 3.47. The van der Waals surface area contributed by atoms with Gasteiger partial charge in [-0.25, -0.2) is 4.98 Å². The van der Waals surface area contributed by atoms with Gasteiger partial charge < -0.3 is 5.11 Å². The Kier molecular flexibility index (Phi) is 2.06. The molecule has 15 heavy (non-hydrogen) atoms. The second-order valence-corrected chi connectivity index (χ2v) is 5.59. The zero-order valence-corrected chi connectivity index (χ0v) is 9.22. The zero-order chi connectivity index (χ0) is 10.4. The second kappa shape index (κ2) is 3.30. The molecule has 80 valence electrons. The molecule has 0 unspecified atom stereocenters. The molecule has 4 heteroatoms. The van der Waals surface area contributed by atoms with Gasteiger partial charge in [0.05, 0.1) is 16.6 Å². The fraction of sp³-hybridized carbons (Fsp3) is 0.636. The molecule has 0 spiro atoms. The molecule has 2 aliphatic rings. The van der Waals surface area contributed by atoms with Crippen LogP contribution in [0.3, 0.4) is 0 Å². The first-order chi connectivity index (χ1) is 7.24. The third kappa shape index (κ3) is 1.67. The molecule has 1 heterocycles. The molecule has 0 saturated heterocycles. The summed E-state index contributed by atoms with van der Waals surface area (Å²) in [6.45, 7) is 0. The zero-order valence-electron chi connectivity index (χ0n) is 8.40. The predicted octanol–water partition coefficient (Wildman–Crippen LogP) is 2.21. The Labute approximate surface area is 92.2 Å². The summed E-state index contributed by atoms with van der Waals surface area (Å²) in [5, 5.41) is 10.2. The standard InChI is InChI=1S/C11H13NO2S/c13-11(14)7-3-4-8-9(5-7)15-10(12-8)6-1-2-6/h6-7H,1-5H2,(H,13,14)/t7-/m1/s1. The average molecular weight is 223 g/mol. The van der Waals surface area contributed by atoms with E-state index in [1.54, 1.807) is 11.3 Å². The van der Waals surface area contributed by atoms with E-state index in [2.05, 4.69) is 4.98 Å². The Morgan fingerprint density at radius 2 is 2.20 bits per heavy atom. The number of carbonyl (C=O) groups is 1. The van der Waals surface area contributed by atoms with Crippen LogP contribution in [0.2, 0.25) is 0 Å². The first-order valence-electron chi connectivity index (χ1n) is 5.45. The maximum Gasteiger partial charge on any atom is 0.306 e. The smallest absolute Gasteiger partial charge is 0.306 e. The molecule has 2 aliphatic carbocycles. The van der Waals surface area contributed by atoms with Crippen LogP contribution in [0.1, 0.15) is 40.8 Å². The summed E-state index contributed by atoms with van der Waals surface area (Å²) < 4.78 is 0. The van der Waals surface area contributed by atoms with E-state index in [1.807, 2.05) is 0 Å². The number of hydrogen-bond acceptors (Lipinski definition) is 3. The number of thiazole rings is 1. The van der Waals surface area contributed by atoms with Gasteiger partial charge in [0.1, 0.15) is 0 Å². The van der Waals surface area contributed by atoms with E-state index in [9.17, 15) is 4.79 Å². The highest BCUT2D eigenvalue weighted by Gasteiger charge is 2.31. The van der Waals surface area contributed by atoms with Crippen molar-refractivity contribution in [1.29, 1.82) is 0 Å². The van der Waals surface area contributed by atoms with Crippen molar-refractivity contribution in [2.45, 2.75) is 38.0 Å². The Balaban J connectivity index is 1.85. The highest BCUT2D eigenvalue weighted by molar-refractivity contribution is 7.11. The summed E-state index contributed by atoms with van der Waals surface area (Å²) in [6.07, 6.45) is 4.87. The summed E-state index contributed by atoms with van der Waals surface area (Å²) in [7, 11) is 0. The summed E-state index contributed by atoms with van der Waals surface area (Å²) >= 11 is 1.75. The molecule has 1 fully saturated rings. The second-order valence-electron chi connectivity index (χ2n) is 4.47. The molecular weight excluding hydrogens is 210 g/mol. The Morgan fingerprint density at radius 3 is 2.87 bits per heavy atom. The van der Waals surface area contributed by atoms with Crippen LogP contribution in [0.25, 0.3) is 0 Å². The number of carboxylic acids is 1. The fourth-order valence-electron chi connectivity index (χ4n) is 2.11. The monoisotopic (exact) mass is 223 g/mol. The normalized spacial score (nSPS) is 24.9. The molecule has 3 rings (SSSR count). The van der Waals surface area contributed by atoms with Crippen molar-refractivity contribution >= 4 is 17.3 Å². The van der Waals surface area contributed by atoms with E-state index in [-0.39, 0.29) is 5.92 Å². The molecule has 1 N–H and O–H groups in total. The molecule has 0 aromatic carbocycles. The number of carboxylic acid groups (broad SMARTS) is 1. The Morgan fingerprint density at radius 1 is 1.40 bits per heavy atom. The lowest BCUT2D eigenvalue weighted by molar-refractivity contribution is -0.142. The maximum absolute atomic E-state index is 10.9. The third-order valence-corrected chi connectivity index (χ3v) is 4.51. The molecular formula is C11H13NO2S. The van der Waals surface area contributed by atoms with Crippen molar-refractivity contribution in [2.24, 2.45) is 5.92 Å². The highest BCUT2D eigenvalue weighted by Crippen LogP contribution is 2.44. The van der Waals surface area contributed by atoms with Crippen LogP contribution in [-0.4, -0.2) is 16.1 Å². The molecule has 1 atom stereocenters. The van der Waals surface area contributed by atoms with Crippen LogP contribution in [0.4, 0.5) is 0 Å². The van der Waals surface area contributed by atoms with Gasteiger partial charge in [-0.2, -0.15) is 0 Å². The largest absolute Gasteiger partial charge is 0.481 e. The van der Waals surface area contributed by atoms with Crippen molar-refractivity contribution < 1.29 is 9.90 Å². The van der Waals surface area contributed by atoms with Gasteiger partial charge in [-0.15, -0.1) is 11.3 Å². The number of hydrogen-bond donors (Lipinski definition) is 1. The van der Waals surface area contributed by atoms with Crippen LogP contribution in [0, 0.1) is 5.92 Å². The summed E-state index contributed by atoms with van der Waals surface area (Å²) in [4.78, 5) is 16.8. The van der Waals surface area contributed by atoms with Crippen molar-refractivity contribution in [1.82, 2.24) is 4.98 Å². The van der Waals surface area contributed by atoms with E-state index in [4.69, 9.17) is 5.11 Å². The topological polar surface area (TPSA) is 50.2 Å². The number of aliphatic carboxylic acids is 1. The SMILES string of the molecule is O=C(O)[C@@H]1CCc2nc(C3CC3)sc2C1. The molecule has 1 aromatic heterocycles. The highest BCUT2D eigenvalue weighted by atomic mass is 32.1. The van der Waals surface area contributed by atoms with Gasteiger partial charge in [0.15, 0.2) is 0 Å². The van der Waals surface area contributed by atoms with E-state index < -0.39 is 5.97 Å². The van der Waals surface area contributed by atoms with Gasteiger partial charge in [0.25, 0.3) is 0 Å². The summed E-state index contributed by atoms with van der Waals surface area (Å²) in [5.41, 5.74) is 1.18. The maximum atomic E-state index is 10.9. The van der Waals surface area contributed by atoms with Gasteiger partial charge >= 0.3 is 5.97 Å². The van der Waals surface area contributed by atoms with Crippen LogP contribution in [0.5, 0.6) is 0 Å². The minimum atomic E-state index is -0.651. The van der Waals surface area contributed by atoms with Crippen LogP contribution >= 0.6 is 11.3 Å². The van der Waals surface area contributed by atoms with Crippen molar-refractivity contribution in [3.05, 3.63) is 15.6 Å². The summed E-state index contributed by atoms with van der Waals surface area (Å²) in [5.74, 6) is -0.129. The summed E-state index contributed by atoms with van der Waals surface area (Å²) in [6, 6.07) is 0. The van der Waals surface area contributed by atoms with Gasteiger partial charge in [0.2, 0.25) is 0 Å². The van der Waals surface area contributed by atoms with E-state index in [1.165, 1.54) is 28.4 Å². The number of aryl methyl sites for hydroxylation is 1. The molecule has 1 saturated carbocycles. The van der Waals surface area contributed by atoms with Crippen molar-refractivity contribution in [3.8, 4) is 0 Å². The number of aromatic nitrogens is 1. The van der Waals surface area contributed by atoms with Crippen molar-refractivity contribution in [2.75, 3.05) is 0 Å². The molecule has 0 aliphatic heterocycles. The first kappa shape index (κ1) is 9.33. The minimum absolute atomic E-state index is 0.176. The van der Waals surface area contributed by atoms with Gasteiger partial charge in [0, 0.05) is 10.8 Å². The average Bonchev–Trinajstić information content (AvgIpc) is 2.97. The van der Waals surface area contributed by atoms with Gasteiger partial charge in [-0.1, -0.05) is 0 Å². The van der Waals surface area contributed by atoms with Crippen LogP contribution in [0.15, 0.2) is 0 Å². The van der Waals surface area contributed by atoms with E-state index in [0.29, 0.717) is 12.3 Å². The number of fused-ring (bicyclic) bond motifs is 1. The predicted molar refractivity (Wildman–Crippen MR) is 57.2 cm³/mol. The quantitative estimate of drug-likeness (QED) is 0.836. The third-order valence-electron chi connectivity index (χ3n) is 3.23. The van der Waals surface area contributed by atoms with E-state index in [0.717, 1.165) is 12.8 Å². The minimum Gasteiger partial charge on any atom is -0.481 e. The van der Waals surface area contributed by atoms with Gasteiger partial charge in [-0.3, -0.25) is 4.79 Å². The number of rotatable bonds is 2. The van der Waals surface area contributed by atoms with Gasteiger partial charge in [-0.05, 0) is 32.1 Å². The van der Waals surface area contributed by atoms with Crippen LogP contribution in [-0.2, 0) is 17.6 Å². The molecule has 1 aromatic rings. The Hall–Kier alpha value is -0.900. The Bertz CT molecular complexity index is 409. The molecule has 0 radical (unpaired) electrons. The van der Waals surface area contributed by atoms with E-state index >= 15 is 0 Å².